The van der Waals surface area contributed by atoms with E-state index in [0.29, 0.717) is 36.5 Å². The first-order valence-corrected chi connectivity index (χ1v) is 10.2. The van der Waals surface area contributed by atoms with E-state index in [2.05, 4.69) is 5.32 Å². The van der Waals surface area contributed by atoms with Gasteiger partial charge in [0.05, 0.1) is 13.7 Å². The maximum absolute atomic E-state index is 13.2. The first-order valence-electron chi connectivity index (χ1n) is 10.2. The molecule has 1 amide bonds. The Labute approximate surface area is 175 Å². The molecule has 2 atom stereocenters. The van der Waals surface area contributed by atoms with Gasteiger partial charge in [0, 0.05) is 30.0 Å². The average molecular weight is 407 g/mol. The number of ketones is 1. The number of hydrogen-bond acceptors (Lipinski definition) is 5. The molecule has 1 heterocycles. The third kappa shape index (κ3) is 3.77. The Bertz CT molecular complexity index is 1030. The van der Waals surface area contributed by atoms with Crippen LogP contribution in [0.4, 0.5) is 0 Å². The average Bonchev–Trinajstić information content (AvgIpc) is 2.74. The third-order valence-corrected chi connectivity index (χ3v) is 5.79. The number of aromatic hydroxyl groups is 1. The van der Waals surface area contributed by atoms with Crippen LogP contribution in [0.3, 0.4) is 0 Å². The van der Waals surface area contributed by atoms with Crippen LogP contribution in [0.5, 0.6) is 17.2 Å². The van der Waals surface area contributed by atoms with Gasteiger partial charge in [-0.05, 0) is 54.7 Å². The number of rotatable bonds is 5. The van der Waals surface area contributed by atoms with E-state index in [4.69, 9.17) is 9.47 Å². The van der Waals surface area contributed by atoms with Crippen molar-refractivity contribution < 1.29 is 24.2 Å². The van der Waals surface area contributed by atoms with Gasteiger partial charge in [0.2, 0.25) is 5.91 Å². The summed E-state index contributed by atoms with van der Waals surface area (Å²) in [6.45, 7) is 2.25. The van der Waals surface area contributed by atoms with Crippen LogP contribution in [0, 0.1) is 0 Å². The molecular formula is C24H25NO5. The summed E-state index contributed by atoms with van der Waals surface area (Å²) in [7, 11) is 1.62. The molecule has 2 aromatic rings. The Morgan fingerprint density at radius 2 is 1.90 bits per heavy atom. The van der Waals surface area contributed by atoms with Crippen molar-refractivity contribution in [3.63, 3.8) is 0 Å². The minimum atomic E-state index is -0.340. The molecule has 4 rings (SSSR count). The second kappa shape index (κ2) is 8.22. The molecule has 2 unspecified atom stereocenters. The van der Waals surface area contributed by atoms with Gasteiger partial charge in [0.25, 0.3) is 0 Å². The number of carbonyl (C=O) groups excluding carboxylic acids is 2. The van der Waals surface area contributed by atoms with Gasteiger partial charge in [-0.1, -0.05) is 18.2 Å². The number of ether oxygens (including phenoxy) is 2. The number of amides is 1. The second-order valence-corrected chi connectivity index (χ2v) is 7.66. The highest BCUT2D eigenvalue weighted by molar-refractivity contribution is 6.02. The van der Waals surface area contributed by atoms with Crippen molar-refractivity contribution in [3.8, 4) is 17.2 Å². The summed E-state index contributed by atoms with van der Waals surface area (Å²) in [5.41, 5.74) is 3.19. The summed E-state index contributed by atoms with van der Waals surface area (Å²) in [5, 5.41) is 12.9. The lowest BCUT2D eigenvalue weighted by Crippen LogP contribution is -2.38. The zero-order valence-corrected chi connectivity index (χ0v) is 17.1. The molecule has 1 aliphatic carbocycles. The van der Waals surface area contributed by atoms with Gasteiger partial charge in [-0.3, -0.25) is 9.59 Å². The first-order chi connectivity index (χ1) is 14.5. The van der Waals surface area contributed by atoms with E-state index in [-0.39, 0.29) is 35.7 Å². The lowest BCUT2D eigenvalue weighted by molar-refractivity contribution is -0.122. The van der Waals surface area contributed by atoms with E-state index in [1.807, 2.05) is 31.2 Å². The largest absolute Gasteiger partial charge is 0.504 e. The van der Waals surface area contributed by atoms with Crippen molar-refractivity contribution in [1.82, 2.24) is 5.32 Å². The van der Waals surface area contributed by atoms with E-state index < -0.39 is 0 Å². The fourth-order valence-electron chi connectivity index (χ4n) is 4.39. The van der Waals surface area contributed by atoms with E-state index in [1.165, 1.54) is 0 Å². The highest BCUT2D eigenvalue weighted by Gasteiger charge is 2.38. The molecule has 2 aliphatic rings. The molecular weight excluding hydrogens is 382 g/mol. The SMILES string of the molecule is CCOc1cc(C2CC(=O)NC3=C2C(=O)CC(c2cccc(OC)c2)C3)ccc1O. The molecule has 2 aromatic carbocycles. The smallest absolute Gasteiger partial charge is 0.225 e. The normalized spacial score (nSPS) is 21.1. The van der Waals surface area contributed by atoms with E-state index in [9.17, 15) is 14.7 Å². The van der Waals surface area contributed by atoms with Crippen LogP contribution in [-0.4, -0.2) is 30.5 Å². The molecule has 0 saturated carbocycles. The van der Waals surface area contributed by atoms with Gasteiger partial charge in [0.1, 0.15) is 5.75 Å². The summed E-state index contributed by atoms with van der Waals surface area (Å²) in [4.78, 5) is 25.7. The molecule has 0 spiro atoms. The molecule has 156 valence electrons. The van der Waals surface area contributed by atoms with Gasteiger partial charge >= 0.3 is 0 Å². The number of methoxy groups -OCH3 is 1. The topological polar surface area (TPSA) is 84.9 Å². The van der Waals surface area contributed by atoms with Crippen LogP contribution in [0.25, 0.3) is 0 Å². The first kappa shape index (κ1) is 20.0. The molecule has 2 N–H and O–H groups in total. The summed E-state index contributed by atoms with van der Waals surface area (Å²) < 4.78 is 10.8. The number of carbonyl (C=O) groups is 2. The van der Waals surface area contributed by atoms with Crippen molar-refractivity contribution in [2.75, 3.05) is 13.7 Å². The van der Waals surface area contributed by atoms with E-state index >= 15 is 0 Å². The number of phenolic OH excluding ortho intramolecular Hbond substituents is 1. The summed E-state index contributed by atoms with van der Waals surface area (Å²) in [6.07, 6.45) is 1.17. The van der Waals surface area contributed by atoms with Crippen LogP contribution < -0.4 is 14.8 Å². The van der Waals surface area contributed by atoms with Gasteiger partial charge in [0.15, 0.2) is 17.3 Å². The molecule has 0 saturated heterocycles. The molecule has 6 heteroatoms. The maximum Gasteiger partial charge on any atom is 0.225 e. The van der Waals surface area contributed by atoms with Crippen molar-refractivity contribution in [1.29, 1.82) is 0 Å². The minimum absolute atomic E-state index is 0.01000. The van der Waals surface area contributed by atoms with Crippen molar-refractivity contribution >= 4 is 11.7 Å². The molecule has 0 aromatic heterocycles. The Kier molecular flexibility index (Phi) is 5.48. The molecule has 6 nitrogen and oxygen atoms in total. The molecule has 0 radical (unpaired) electrons. The number of nitrogens with one attached hydrogen (secondary N) is 1. The van der Waals surface area contributed by atoms with Crippen molar-refractivity contribution in [2.45, 2.75) is 38.0 Å². The maximum atomic E-state index is 13.2. The number of phenols is 1. The summed E-state index contributed by atoms with van der Waals surface area (Å²) in [6, 6.07) is 12.8. The Morgan fingerprint density at radius 3 is 2.67 bits per heavy atom. The van der Waals surface area contributed by atoms with Gasteiger partial charge in [-0.15, -0.1) is 0 Å². The second-order valence-electron chi connectivity index (χ2n) is 7.66. The summed E-state index contributed by atoms with van der Waals surface area (Å²) >= 11 is 0. The number of benzene rings is 2. The molecule has 1 aliphatic heterocycles. The highest BCUT2D eigenvalue weighted by atomic mass is 16.5. The standard InChI is InChI=1S/C24H25NO5/c1-3-30-22-12-15(7-8-20(22)26)18-13-23(28)25-19-10-16(11-21(27)24(18)19)14-5-4-6-17(9-14)29-2/h4-9,12,16,18,26H,3,10-11,13H2,1-2H3,(H,25,28). The lowest BCUT2D eigenvalue weighted by Gasteiger charge is -2.34. The van der Waals surface area contributed by atoms with Crippen LogP contribution >= 0.6 is 0 Å². The quantitative estimate of drug-likeness (QED) is 0.787. The van der Waals surface area contributed by atoms with Crippen molar-refractivity contribution in [2.24, 2.45) is 0 Å². The van der Waals surface area contributed by atoms with Gasteiger partial charge in [-0.2, -0.15) is 0 Å². The number of Topliss-reactive ketones (excluding diaryl/α,β-unsaturated/α-hetero) is 1. The fourth-order valence-corrected chi connectivity index (χ4v) is 4.39. The Hall–Kier alpha value is -3.28. The minimum Gasteiger partial charge on any atom is -0.504 e. The fraction of sp³-hybridized carbons (Fsp3) is 0.333. The molecule has 0 bridgehead atoms. The molecule has 30 heavy (non-hydrogen) atoms. The number of allylic oxidation sites excluding steroid dienone is 2. The zero-order valence-electron chi connectivity index (χ0n) is 17.1. The highest BCUT2D eigenvalue weighted by Crippen LogP contribution is 2.44. The third-order valence-electron chi connectivity index (χ3n) is 5.79. The van der Waals surface area contributed by atoms with E-state index in [1.54, 1.807) is 25.3 Å². The monoisotopic (exact) mass is 407 g/mol. The van der Waals surface area contributed by atoms with Crippen LogP contribution in [0.15, 0.2) is 53.7 Å². The zero-order chi connectivity index (χ0) is 21.3. The van der Waals surface area contributed by atoms with Gasteiger partial charge in [-0.25, -0.2) is 0 Å². The molecule has 0 fully saturated rings. The van der Waals surface area contributed by atoms with Crippen LogP contribution in [0.2, 0.25) is 0 Å². The summed E-state index contributed by atoms with van der Waals surface area (Å²) in [5.74, 6) is 0.738. The number of hydrogen-bond donors (Lipinski definition) is 2. The predicted molar refractivity (Wildman–Crippen MR) is 112 cm³/mol. The lowest BCUT2D eigenvalue weighted by atomic mass is 9.73. The van der Waals surface area contributed by atoms with Crippen molar-refractivity contribution in [3.05, 3.63) is 64.9 Å². The Morgan fingerprint density at radius 1 is 1.07 bits per heavy atom. The Balaban J connectivity index is 1.70. The van der Waals surface area contributed by atoms with E-state index in [0.717, 1.165) is 16.9 Å². The van der Waals surface area contributed by atoms with Crippen LogP contribution in [0.1, 0.15) is 49.1 Å². The van der Waals surface area contributed by atoms with Gasteiger partial charge < -0.3 is 19.9 Å². The predicted octanol–water partition coefficient (Wildman–Crippen LogP) is 3.80. The van der Waals surface area contributed by atoms with Crippen LogP contribution in [-0.2, 0) is 9.59 Å².